The van der Waals surface area contributed by atoms with Gasteiger partial charge in [0.05, 0.1) is 16.7 Å². The van der Waals surface area contributed by atoms with Gasteiger partial charge in [-0.15, -0.1) is 0 Å². The number of carbonyl (C=O) groups is 3. The fraction of sp³-hybridized carbons (Fsp3) is 0.512. The van der Waals surface area contributed by atoms with Gasteiger partial charge in [0.15, 0.2) is 5.78 Å². The van der Waals surface area contributed by atoms with Crippen LogP contribution < -0.4 is 9.47 Å². The largest absolute Gasteiger partial charge is 0.423 e. The molecule has 5 heteroatoms. The van der Waals surface area contributed by atoms with Crippen LogP contribution in [0, 0.1) is 0 Å². The van der Waals surface area contributed by atoms with Gasteiger partial charge in [-0.1, -0.05) is 129 Å². The molecule has 3 aromatic rings. The van der Waals surface area contributed by atoms with Crippen molar-refractivity contribution in [2.75, 3.05) is 0 Å². The highest BCUT2D eigenvalue weighted by Gasteiger charge is 2.19. The third-order valence-corrected chi connectivity index (χ3v) is 8.94. The third-order valence-electron chi connectivity index (χ3n) is 8.94. The van der Waals surface area contributed by atoms with Crippen molar-refractivity contribution in [2.24, 2.45) is 0 Å². The lowest BCUT2D eigenvalue weighted by Crippen LogP contribution is -2.13. The molecule has 0 amide bonds. The van der Waals surface area contributed by atoms with Crippen LogP contribution in [0.15, 0.2) is 66.7 Å². The first kappa shape index (κ1) is 38.7. The standard InChI is InChI=1S/C43H58O5/c1-4-7-10-13-14-15-16-19-22-40(44)39-33-38(47-42(45)36-27-23-34(24-28-36)20-17-11-8-5-2)31-32-41(39)48-43(46)37-29-25-35(26-30-37)21-18-12-9-6-3/h23-33H,4-22H2,1-3H3. The average molecular weight is 655 g/mol. The highest BCUT2D eigenvalue weighted by molar-refractivity contribution is 6.01. The number of esters is 2. The number of rotatable bonds is 24. The van der Waals surface area contributed by atoms with Crippen LogP contribution in [0.4, 0.5) is 0 Å². The molecule has 3 aromatic carbocycles. The number of unbranched alkanes of at least 4 members (excludes halogenated alkanes) is 13. The van der Waals surface area contributed by atoms with E-state index in [1.807, 2.05) is 24.3 Å². The molecule has 0 unspecified atom stereocenters. The first-order chi connectivity index (χ1) is 23.4. The Balaban J connectivity index is 1.68. The van der Waals surface area contributed by atoms with Gasteiger partial charge in [-0.2, -0.15) is 0 Å². The van der Waals surface area contributed by atoms with Gasteiger partial charge in [0.2, 0.25) is 0 Å². The number of carbonyl (C=O) groups excluding carboxylic acids is 3. The third kappa shape index (κ3) is 14.2. The lowest BCUT2D eigenvalue weighted by molar-refractivity contribution is 0.0716. The van der Waals surface area contributed by atoms with E-state index in [4.69, 9.17) is 9.47 Å². The number of hydrogen-bond acceptors (Lipinski definition) is 5. The lowest BCUT2D eigenvalue weighted by atomic mass is 10.0. The molecule has 0 aliphatic rings. The molecule has 0 bridgehead atoms. The molecular formula is C43H58O5. The van der Waals surface area contributed by atoms with E-state index in [1.54, 1.807) is 36.4 Å². The molecule has 0 radical (unpaired) electrons. The van der Waals surface area contributed by atoms with Gasteiger partial charge in [-0.05, 0) is 85.7 Å². The number of aryl methyl sites for hydroxylation is 2. The molecule has 0 aliphatic heterocycles. The fourth-order valence-electron chi connectivity index (χ4n) is 5.89. The predicted molar refractivity (Wildman–Crippen MR) is 196 cm³/mol. The molecule has 0 saturated carbocycles. The predicted octanol–water partition coefficient (Wildman–Crippen LogP) is 12.1. The SMILES string of the molecule is CCCCCCCCCCC(=O)c1cc(OC(=O)c2ccc(CCCCCC)cc2)ccc1OC(=O)c1ccc(CCCCCC)cc1. The molecule has 0 atom stereocenters. The minimum Gasteiger partial charge on any atom is -0.423 e. The molecule has 5 nitrogen and oxygen atoms in total. The second-order valence-corrected chi connectivity index (χ2v) is 13.1. The zero-order valence-electron chi connectivity index (χ0n) is 29.8. The molecule has 0 aliphatic carbocycles. The summed E-state index contributed by atoms with van der Waals surface area (Å²) in [5.41, 5.74) is 3.52. The van der Waals surface area contributed by atoms with E-state index in [-0.39, 0.29) is 22.8 Å². The first-order valence-corrected chi connectivity index (χ1v) is 18.7. The summed E-state index contributed by atoms with van der Waals surface area (Å²) in [7, 11) is 0. The van der Waals surface area contributed by atoms with Gasteiger partial charge in [-0.3, -0.25) is 4.79 Å². The summed E-state index contributed by atoms with van der Waals surface area (Å²) < 4.78 is 11.5. The van der Waals surface area contributed by atoms with Crippen molar-refractivity contribution in [1.29, 1.82) is 0 Å². The average Bonchev–Trinajstić information content (AvgIpc) is 3.10. The number of ether oxygens (including phenoxy) is 2. The van der Waals surface area contributed by atoms with Crippen molar-refractivity contribution >= 4 is 17.7 Å². The van der Waals surface area contributed by atoms with E-state index in [2.05, 4.69) is 20.8 Å². The van der Waals surface area contributed by atoms with E-state index in [1.165, 1.54) is 87.8 Å². The van der Waals surface area contributed by atoms with Crippen molar-refractivity contribution in [3.63, 3.8) is 0 Å². The maximum atomic E-state index is 13.5. The van der Waals surface area contributed by atoms with Gasteiger partial charge < -0.3 is 9.47 Å². The summed E-state index contributed by atoms with van der Waals surface area (Å²) in [6.07, 6.45) is 20.9. The van der Waals surface area contributed by atoms with Crippen LogP contribution >= 0.6 is 0 Å². The van der Waals surface area contributed by atoms with Crippen LogP contribution in [0.3, 0.4) is 0 Å². The number of hydrogen-bond donors (Lipinski definition) is 0. The van der Waals surface area contributed by atoms with E-state index in [0.29, 0.717) is 17.5 Å². The Morgan fingerprint density at radius 1 is 0.479 bits per heavy atom. The van der Waals surface area contributed by atoms with Crippen LogP contribution in [-0.4, -0.2) is 17.7 Å². The zero-order chi connectivity index (χ0) is 34.4. The summed E-state index contributed by atoms with van der Waals surface area (Å²) >= 11 is 0. The van der Waals surface area contributed by atoms with Gasteiger partial charge in [0, 0.05) is 6.42 Å². The Bertz CT molecular complexity index is 1370. The highest BCUT2D eigenvalue weighted by atomic mass is 16.5. The van der Waals surface area contributed by atoms with E-state index in [9.17, 15) is 14.4 Å². The topological polar surface area (TPSA) is 69.7 Å². The molecule has 0 heterocycles. The van der Waals surface area contributed by atoms with Gasteiger partial charge in [0.1, 0.15) is 11.5 Å². The van der Waals surface area contributed by atoms with Crippen LogP contribution in [0.1, 0.15) is 172 Å². The van der Waals surface area contributed by atoms with Crippen LogP contribution in [-0.2, 0) is 12.8 Å². The number of ketones is 1. The van der Waals surface area contributed by atoms with Crippen molar-refractivity contribution in [3.05, 3.63) is 94.5 Å². The maximum Gasteiger partial charge on any atom is 0.343 e. The van der Waals surface area contributed by atoms with Gasteiger partial charge >= 0.3 is 11.9 Å². The Labute approximate surface area is 289 Å². The molecular weight excluding hydrogens is 596 g/mol. The van der Waals surface area contributed by atoms with Crippen molar-refractivity contribution < 1.29 is 23.9 Å². The molecule has 0 fully saturated rings. The van der Waals surface area contributed by atoms with Gasteiger partial charge in [-0.25, -0.2) is 9.59 Å². The molecule has 0 aromatic heterocycles. The zero-order valence-corrected chi connectivity index (χ0v) is 29.8. The Morgan fingerprint density at radius 3 is 1.42 bits per heavy atom. The Hall–Kier alpha value is -3.73. The summed E-state index contributed by atoms with van der Waals surface area (Å²) in [4.78, 5) is 39.7. The maximum absolute atomic E-state index is 13.5. The number of Topliss-reactive ketones (excluding diaryl/α,β-unsaturated/α-hetero) is 1. The quantitative estimate of drug-likeness (QED) is 0.0416. The van der Waals surface area contributed by atoms with E-state index >= 15 is 0 Å². The molecule has 0 saturated heterocycles. The van der Waals surface area contributed by atoms with Crippen LogP contribution in [0.2, 0.25) is 0 Å². The second-order valence-electron chi connectivity index (χ2n) is 13.1. The van der Waals surface area contributed by atoms with Crippen LogP contribution in [0.25, 0.3) is 0 Å². The van der Waals surface area contributed by atoms with Gasteiger partial charge in [0.25, 0.3) is 0 Å². The smallest absolute Gasteiger partial charge is 0.343 e. The van der Waals surface area contributed by atoms with Crippen LogP contribution in [0.5, 0.6) is 11.5 Å². The van der Waals surface area contributed by atoms with Crippen molar-refractivity contribution in [2.45, 2.75) is 143 Å². The second kappa shape index (κ2) is 22.8. The Morgan fingerprint density at radius 2 is 0.917 bits per heavy atom. The number of benzene rings is 3. The molecule has 0 spiro atoms. The van der Waals surface area contributed by atoms with Crippen molar-refractivity contribution in [3.8, 4) is 11.5 Å². The minimum absolute atomic E-state index is 0.128. The molecule has 0 N–H and O–H groups in total. The molecule has 48 heavy (non-hydrogen) atoms. The van der Waals surface area contributed by atoms with E-state index < -0.39 is 11.9 Å². The summed E-state index contributed by atoms with van der Waals surface area (Å²) in [6.45, 7) is 6.62. The highest BCUT2D eigenvalue weighted by Crippen LogP contribution is 2.28. The van der Waals surface area contributed by atoms with E-state index in [0.717, 1.165) is 44.9 Å². The fourth-order valence-corrected chi connectivity index (χ4v) is 5.89. The molecule has 3 rings (SSSR count). The molecule has 260 valence electrons. The monoisotopic (exact) mass is 654 g/mol. The lowest BCUT2D eigenvalue weighted by Gasteiger charge is -2.13. The normalized spacial score (nSPS) is 11.0. The Kier molecular flexibility index (Phi) is 18.4. The summed E-state index contributed by atoms with van der Waals surface area (Å²) in [6, 6.07) is 19.7. The summed E-state index contributed by atoms with van der Waals surface area (Å²) in [5.74, 6) is -0.714. The summed E-state index contributed by atoms with van der Waals surface area (Å²) in [5, 5.41) is 0. The van der Waals surface area contributed by atoms with Crippen molar-refractivity contribution in [1.82, 2.24) is 0 Å². The minimum atomic E-state index is -0.520. The first-order valence-electron chi connectivity index (χ1n) is 18.7.